The SMILES string of the molecule is CC(CC(N)=O)=NNC(=O)COc1ccc2ccccc2c1. The largest absolute Gasteiger partial charge is 0.484 e. The molecule has 22 heavy (non-hydrogen) atoms. The van der Waals surface area contributed by atoms with Gasteiger partial charge in [0.1, 0.15) is 5.75 Å². The number of nitrogens with two attached hydrogens (primary N) is 1. The van der Waals surface area contributed by atoms with Gasteiger partial charge in [0.2, 0.25) is 5.91 Å². The lowest BCUT2D eigenvalue weighted by atomic mass is 10.1. The lowest BCUT2D eigenvalue weighted by molar-refractivity contribution is -0.123. The van der Waals surface area contributed by atoms with Crippen LogP contribution in [0.5, 0.6) is 5.75 Å². The van der Waals surface area contributed by atoms with Gasteiger partial charge in [0, 0.05) is 5.71 Å². The third-order valence-corrected chi connectivity index (χ3v) is 2.89. The molecule has 2 amide bonds. The Morgan fingerprint density at radius 2 is 1.91 bits per heavy atom. The molecule has 0 aliphatic heterocycles. The highest BCUT2D eigenvalue weighted by atomic mass is 16.5. The van der Waals surface area contributed by atoms with Gasteiger partial charge in [0.25, 0.3) is 5.91 Å². The Balaban J connectivity index is 1.88. The number of rotatable bonds is 6. The van der Waals surface area contributed by atoms with E-state index in [1.165, 1.54) is 0 Å². The topological polar surface area (TPSA) is 93.8 Å². The van der Waals surface area contributed by atoms with Gasteiger partial charge in [-0.2, -0.15) is 5.10 Å². The number of ether oxygens (including phenoxy) is 1. The van der Waals surface area contributed by atoms with Gasteiger partial charge in [-0.15, -0.1) is 0 Å². The number of carbonyl (C=O) groups excluding carboxylic acids is 2. The highest BCUT2D eigenvalue weighted by Gasteiger charge is 2.04. The number of hydrogen-bond donors (Lipinski definition) is 2. The second-order valence-electron chi connectivity index (χ2n) is 4.82. The minimum absolute atomic E-state index is 0.00577. The summed E-state index contributed by atoms with van der Waals surface area (Å²) in [6.45, 7) is 1.45. The number of hydrogen-bond acceptors (Lipinski definition) is 4. The lowest BCUT2D eigenvalue weighted by Crippen LogP contribution is -2.26. The van der Waals surface area contributed by atoms with Crippen molar-refractivity contribution >= 4 is 28.3 Å². The van der Waals surface area contributed by atoms with E-state index in [1.807, 2.05) is 36.4 Å². The molecular formula is C16H17N3O3. The molecule has 0 unspecified atom stereocenters. The first-order valence-corrected chi connectivity index (χ1v) is 6.76. The first-order valence-electron chi connectivity index (χ1n) is 6.76. The summed E-state index contributed by atoms with van der Waals surface area (Å²) in [6.07, 6.45) is 0.00577. The molecular weight excluding hydrogens is 282 g/mol. The Bertz CT molecular complexity index is 725. The molecule has 0 saturated heterocycles. The first kappa shape index (κ1) is 15.5. The van der Waals surface area contributed by atoms with Crippen molar-refractivity contribution in [1.82, 2.24) is 5.43 Å². The van der Waals surface area contributed by atoms with E-state index in [1.54, 1.807) is 13.0 Å². The minimum atomic E-state index is -0.497. The summed E-state index contributed by atoms with van der Waals surface area (Å²) in [6, 6.07) is 13.5. The molecule has 2 aromatic rings. The van der Waals surface area contributed by atoms with Crippen LogP contribution in [0.2, 0.25) is 0 Å². The molecule has 0 aliphatic carbocycles. The maximum atomic E-state index is 11.6. The van der Waals surface area contributed by atoms with Crippen molar-refractivity contribution in [2.45, 2.75) is 13.3 Å². The smallest absolute Gasteiger partial charge is 0.277 e. The van der Waals surface area contributed by atoms with Crippen LogP contribution in [-0.2, 0) is 9.59 Å². The maximum absolute atomic E-state index is 11.6. The van der Waals surface area contributed by atoms with Gasteiger partial charge in [-0.25, -0.2) is 5.43 Å². The van der Waals surface area contributed by atoms with Crippen molar-refractivity contribution in [3.63, 3.8) is 0 Å². The summed E-state index contributed by atoms with van der Waals surface area (Å²) in [5, 5.41) is 5.90. The number of carbonyl (C=O) groups is 2. The summed E-state index contributed by atoms with van der Waals surface area (Å²) < 4.78 is 5.42. The Hall–Kier alpha value is -2.89. The third-order valence-electron chi connectivity index (χ3n) is 2.89. The summed E-state index contributed by atoms with van der Waals surface area (Å²) in [4.78, 5) is 22.3. The van der Waals surface area contributed by atoms with E-state index in [4.69, 9.17) is 10.5 Å². The van der Waals surface area contributed by atoms with E-state index in [9.17, 15) is 9.59 Å². The summed E-state index contributed by atoms with van der Waals surface area (Å²) in [7, 11) is 0. The van der Waals surface area contributed by atoms with Crippen LogP contribution in [0, 0.1) is 0 Å². The van der Waals surface area contributed by atoms with Crippen LogP contribution in [0.3, 0.4) is 0 Å². The highest BCUT2D eigenvalue weighted by Crippen LogP contribution is 2.20. The molecule has 114 valence electrons. The fraction of sp³-hybridized carbons (Fsp3) is 0.188. The number of primary amides is 1. The van der Waals surface area contributed by atoms with Crippen molar-refractivity contribution in [2.24, 2.45) is 10.8 Å². The molecule has 0 aromatic heterocycles. The third kappa shape index (κ3) is 4.59. The van der Waals surface area contributed by atoms with Crippen molar-refractivity contribution in [1.29, 1.82) is 0 Å². The number of fused-ring (bicyclic) bond motifs is 1. The zero-order valence-corrected chi connectivity index (χ0v) is 12.2. The quantitative estimate of drug-likeness (QED) is 0.626. The van der Waals surface area contributed by atoms with Gasteiger partial charge in [0.05, 0.1) is 6.42 Å². The van der Waals surface area contributed by atoms with Crippen molar-refractivity contribution in [3.8, 4) is 5.75 Å². The monoisotopic (exact) mass is 299 g/mol. The number of amides is 2. The van der Waals surface area contributed by atoms with E-state index in [0.29, 0.717) is 11.5 Å². The van der Waals surface area contributed by atoms with Gasteiger partial charge in [0.15, 0.2) is 6.61 Å². The van der Waals surface area contributed by atoms with E-state index in [-0.39, 0.29) is 13.0 Å². The standard InChI is InChI=1S/C16H17N3O3/c1-11(8-15(17)20)18-19-16(21)10-22-14-7-6-12-4-2-3-5-13(12)9-14/h2-7,9H,8,10H2,1H3,(H2,17,20)(H,19,21). The molecule has 3 N–H and O–H groups in total. The van der Waals surface area contributed by atoms with Crippen LogP contribution in [0.1, 0.15) is 13.3 Å². The Morgan fingerprint density at radius 3 is 2.64 bits per heavy atom. The molecule has 6 heteroatoms. The zero-order chi connectivity index (χ0) is 15.9. The Kier molecular flexibility index (Phi) is 5.08. The van der Waals surface area contributed by atoms with Crippen LogP contribution in [0.15, 0.2) is 47.6 Å². The molecule has 0 bridgehead atoms. The van der Waals surface area contributed by atoms with Gasteiger partial charge in [-0.3, -0.25) is 9.59 Å². The molecule has 0 aliphatic rings. The average molecular weight is 299 g/mol. The number of benzene rings is 2. The molecule has 0 fully saturated rings. The number of nitrogens with one attached hydrogen (secondary N) is 1. The van der Waals surface area contributed by atoms with Crippen molar-refractivity contribution in [2.75, 3.05) is 6.61 Å². The highest BCUT2D eigenvalue weighted by molar-refractivity contribution is 5.99. The molecule has 0 spiro atoms. The average Bonchev–Trinajstić information content (AvgIpc) is 2.50. The van der Waals surface area contributed by atoms with E-state index in [2.05, 4.69) is 10.5 Å². The van der Waals surface area contributed by atoms with Gasteiger partial charge >= 0.3 is 0 Å². The van der Waals surface area contributed by atoms with E-state index >= 15 is 0 Å². The normalized spacial score (nSPS) is 11.2. The van der Waals surface area contributed by atoms with Gasteiger partial charge in [-0.1, -0.05) is 30.3 Å². The van der Waals surface area contributed by atoms with Crippen LogP contribution < -0.4 is 15.9 Å². The Labute approximate surface area is 127 Å². The first-order chi connectivity index (χ1) is 10.5. The van der Waals surface area contributed by atoms with Crippen LogP contribution in [0.25, 0.3) is 10.8 Å². The molecule has 0 radical (unpaired) electrons. The molecule has 2 aromatic carbocycles. The molecule has 2 rings (SSSR count). The number of nitrogens with zero attached hydrogens (tertiary/aromatic N) is 1. The lowest BCUT2D eigenvalue weighted by Gasteiger charge is -2.06. The summed E-state index contributed by atoms with van der Waals surface area (Å²) >= 11 is 0. The van der Waals surface area contributed by atoms with Crippen LogP contribution in [-0.4, -0.2) is 24.1 Å². The number of hydrazone groups is 1. The molecule has 0 atom stereocenters. The van der Waals surface area contributed by atoms with E-state index < -0.39 is 11.8 Å². The van der Waals surface area contributed by atoms with Crippen molar-refractivity contribution < 1.29 is 14.3 Å². The minimum Gasteiger partial charge on any atom is -0.484 e. The zero-order valence-electron chi connectivity index (χ0n) is 12.2. The summed E-state index contributed by atoms with van der Waals surface area (Å²) in [5.74, 6) is -0.299. The van der Waals surface area contributed by atoms with Gasteiger partial charge in [-0.05, 0) is 29.8 Å². The Morgan fingerprint density at radius 1 is 1.18 bits per heavy atom. The van der Waals surface area contributed by atoms with E-state index in [0.717, 1.165) is 10.8 Å². The van der Waals surface area contributed by atoms with Crippen LogP contribution >= 0.6 is 0 Å². The van der Waals surface area contributed by atoms with Crippen molar-refractivity contribution in [3.05, 3.63) is 42.5 Å². The molecule has 0 saturated carbocycles. The summed E-state index contributed by atoms with van der Waals surface area (Å²) in [5.41, 5.74) is 7.77. The van der Waals surface area contributed by atoms with Gasteiger partial charge < -0.3 is 10.5 Å². The second-order valence-corrected chi connectivity index (χ2v) is 4.82. The maximum Gasteiger partial charge on any atom is 0.277 e. The fourth-order valence-corrected chi connectivity index (χ4v) is 1.89. The molecule has 0 heterocycles. The fourth-order valence-electron chi connectivity index (χ4n) is 1.89. The van der Waals surface area contributed by atoms with Crippen LogP contribution in [0.4, 0.5) is 0 Å². The molecule has 6 nitrogen and oxygen atoms in total. The second kappa shape index (κ2) is 7.21. The predicted molar refractivity (Wildman–Crippen MR) is 84.5 cm³/mol. The predicted octanol–water partition coefficient (Wildman–Crippen LogP) is 1.59.